The molecule has 0 radical (unpaired) electrons. The van der Waals surface area contributed by atoms with Gasteiger partial charge < -0.3 is 44.2 Å². The molecule has 0 aliphatic rings. The number of carboxylic acids is 1. The van der Waals surface area contributed by atoms with E-state index >= 15 is 0 Å². The highest BCUT2D eigenvalue weighted by Gasteiger charge is 2.29. The molecule has 2 amide bonds. The molecule has 0 aromatic rings. The standard InChI is InChI=1S/C27H48N2O12/c1-26(2,3)40-24(34)21(29-25(35)41-27(4,5)6)10-9-20(30)8-7-12-36-14-16-38-18-22(31)28-11-13-37-15-17-39-19-23(32)33/h21H,7-19H2,1-6H3,(H,28,31)(H,29,35)(H,32,33)/t21-/m0/s1. The van der Waals surface area contributed by atoms with E-state index in [2.05, 4.69) is 10.6 Å². The van der Waals surface area contributed by atoms with Crippen molar-refractivity contribution in [2.75, 3.05) is 59.4 Å². The fraction of sp³-hybridized carbons (Fsp3) is 0.815. The second-order valence-corrected chi connectivity index (χ2v) is 11.0. The van der Waals surface area contributed by atoms with E-state index in [0.717, 1.165) is 0 Å². The summed E-state index contributed by atoms with van der Waals surface area (Å²) in [5, 5.41) is 13.5. The van der Waals surface area contributed by atoms with Crippen molar-refractivity contribution in [1.82, 2.24) is 10.6 Å². The molecule has 0 saturated carbocycles. The summed E-state index contributed by atoms with van der Waals surface area (Å²) >= 11 is 0. The van der Waals surface area contributed by atoms with Crippen molar-refractivity contribution >= 4 is 29.7 Å². The minimum absolute atomic E-state index is 0.0709. The van der Waals surface area contributed by atoms with Gasteiger partial charge in [0.15, 0.2) is 0 Å². The molecule has 0 saturated heterocycles. The number of rotatable bonds is 22. The van der Waals surface area contributed by atoms with Gasteiger partial charge in [-0.25, -0.2) is 14.4 Å². The Labute approximate surface area is 242 Å². The van der Waals surface area contributed by atoms with Crippen LogP contribution in [-0.4, -0.2) is 111 Å². The molecule has 0 bridgehead atoms. The summed E-state index contributed by atoms with van der Waals surface area (Å²) in [6, 6.07) is -1.02. The molecule has 0 spiro atoms. The second kappa shape index (κ2) is 21.0. The SMILES string of the molecule is CC(C)(C)OC(=O)N[C@@H](CCC(=O)CCCOCCOCC(=O)NCCOCCOCC(=O)O)C(=O)OC(C)(C)C. The van der Waals surface area contributed by atoms with Crippen molar-refractivity contribution in [1.29, 1.82) is 0 Å². The summed E-state index contributed by atoms with van der Waals surface area (Å²) in [6.45, 7) is 11.4. The van der Waals surface area contributed by atoms with E-state index in [-0.39, 0.29) is 83.7 Å². The number of alkyl carbamates (subject to hydrolysis) is 1. The van der Waals surface area contributed by atoms with E-state index in [1.165, 1.54) is 0 Å². The normalized spacial score (nSPS) is 12.3. The summed E-state index contributed by atoms with van der Waals surface area (Å²) in [5.74, 6) is -2.08. The molecule has 3 N–H and O–H groups in total. The maximum absolute atomic E-state index is 12.5. The number of Topliss-reactive ketones (excluding diaryl/α,β-unsaturated/α-hetero) is 1. The van der Waals surface area contributed by atoms with Crippen LogP contribution in [0, 0.1) is 0 Å². The van der Waals surface area contributed by atoms with Crippen LogP contribution in [-0.2, 0) is 47.6 Å². The summed E-state index contributed by atoms with van der Waals surface area (Å²) in [7, 11) is 0. The molecule has 14 nitrogen and oxygen atoms in total. The fourth-order valence-corrected chi connectivity index (χ4v) is 2.95. The van der Waals surface area contributed by atoms with Crippen LogP contribution in [0.4, 0.5) is 4.79 Å². The number of carbonyl (C=O) groups excluding carboxylic acids is 4. The Bertz CT molecular complexity index is 805. The Morgan fingerprint density at radius 1 is 0.707 bits per heavy atom. The van der Waals surface area contributed by atoms with E-state index in [9.17, 15) is 24.0 Å². The third-order valence-electron chi connectivity index (χ3n) is 4.61. The predicted octanol–water partition coefficient (Wildman–Crippen LogP) is 1.62. The first-order valence-corrected chi connectivity index (χ1v) is 13.6. The number of carbonyl (C=O) groups is 5. The van der Waals surface area contributed by atoms with Crippen LogP contribution < -0.4 is 10.6 Å². The maximum Gasteiger partial charge on any atom is 0.408 e. The Morgan fingerprint density at radius 3 is 1.85 bits per heavy atom. The molecule has 0 aromatic carbocycles. The highest BCUT2D eigenvalue weighted by Crippen LogP contribution is 2.13. The van der Waals surface area contributed by atoms with Crippen molar-refractivity contribution in [3.8, 4) is 0 Å². The van der Waals surface area contributed by atoms with Gasteiger partial charge in [-0.3, -0.25) is 9.59 Å². The van der Waals surface area contributed by atoms with E-state index in [0.29, 0.717) is 13.0 Å². The number of hydrogen-bond acceptors (Lipinski definition) is 11. The van der Waals surface area contributed by atoms with Crippen molar-refractivity contribution in [2.24, 2.45) is 0 Å². The van der Waals surface area contributed by atoms with Gasteiger partial charge in [0.25, 0.3) is 0 Å². The average Bonchev–Trinajstić information content (AvgIpc) is 2.82. The largest absolute Gasteiger partial charge is 0.480 e. The summed E-state index contributed by atoms with van der Waals surface area (Å²) in [5.41, 5.74) is -1.49. The van der Waals surface area contributed by atoms with Crippen LogP contribution in [0.3, 0.4) is 0 Å². The number of aliphatic carboxylic acids is 1. The van der Waals surface area contributed by atoms with Gasteiger partial charge in [0, 0.05) is 26.0 Å². The third kappa shape index (κ3) is 25.9. The van der Waals surface area contributed by atoms with Gasteiger partial charge in [0.1, 0.15) is 36.2 Å². The van der Waals surface area contributed by atoms with Crippen LogP contribution in [0.25, 0.3) is 0 Å². The maximum atomic E-state index is 12.5. The van der Waals surface area contributed by atoms with Gasteiger partial charge in [-0.05, 0) is 54.4 Å². The number of esters is 1. The molecular formula is C27H48N2O12. The predicted molar refractivity (Wildman–Crippen MR) is 146 cm³/mol. The number of ketones is 1. The van der Waals surface area contributed by atoms with Crippen LogP contribution in [0.2, 0.25) is 0 Å². The zero-order valence-corrected chi connectivity index (χ0v) is 25.2. The molecular weight excluding hydrogens is 544 g/mol. The number of carboxylic acid groups (broad SMARTS) is 1. The monoisotopic (exact) mass is 592 g/mol. The van der Waals surface area contributed by atoms with Gasteiger partial charge in [-0.1, -0.05) is 0 Å². The summed E-state index contributed by atoms with van der Waals surface area (Å²) < 4.78 is 31.2. The smallest absolute Gasteiger partial charge is 0.408 e. The lowest BCUT2D eigenvalue weighted by molar-refractivity contribution is -0.157. The van der Waals surface area contributed by atoms with Gasteiger partial charge in [0.2, 0.25) is 5.91 Å². The first kappa shape index (κ1) is 38.2. The first-order valence-electron chi connectivity index (χ1n) is 13.6. The second-order valence-electron chi connectivity index (χ2n) is 11.0. The van der Waals surface area contributed by atoms with Crippen LogP contribution in [0.5, 0.6) is 0 Å². The van der Waals surface area contributed by atoms with Crippen LogP contribution >= 0.6 is 0 Å². The van der Waals surface area contributed by atoms with E-state index < -0.39 is 35.3 Å². The molecule has 0 aliphatic carbocycles. The fourth-order valence-electron chi connectivity index (χ4n) is 2.95. The van der Waals surface area contributed by atoms with Crippen molar-refractivity contribution in [2.45, 2.75) is 84.5 Å². The Balaban J connectivity index is 4.01. The van der Waals surface area contributed by atoms with Crippen LogP contribution in [0.15, 0.2) is 0 Å². The van der Waals surface area contributed by atoms with Crippen molar-refractivity contribution in [3.05, 3.63) is 0 Å². The Hall–Kier alpha value is -2.81. The summed E-state index contributed by atoms with van der Waals surface area (Å²) in [4.78, 5) is 59.0. The third-order valence-corrected chi connectivity index (χ3v) is 4.61. The lowest BCUT2D eigenvalue weighted by Gasteiger charge is -2.26. The van der Waals surface area contributed by atoms with E-state index in [4.69, 9.17) is 33.5 Å². The molecule has 0 aliphatic heterocycles. The minimum Gasteiger partial charge on any atom is -0.480 e. The minimum atomic E-state index is -1.05. The molecule has 0 heterocycles. The molecule has 0 aromatic heterocycles. The molecule has 41 heavy (non-hydrogen) atoms. The molecule has 14 heteroatoms. The van der Waals surface area contributed by atoms with Gasteiger partial charge in [0.05, 0.1) is 33.0 Å². The number of nitrogens with one attached hydrogen (secondary N) is 2. The average molecular weight is 593 g/mol. The topological polar surface area (TPSA) is 185 Å². The highest BCUT2D eigenvalue weighted by atomic mass is 16.6. The molecule has 0 unspecified atom stereocenters. The van der Waals surface area contributed by atoms with Crippen molar-refractivity contribution in [3.63, 3.8) is 0 Å². The Morgan fingerprint density at radius 2 is 1.27 bits per heavy atom. The lowest BCUT2D eigenvalue weighted by Crippen LogP contribution is -2.46. The first-order chi connectivity index (χ1) is 19.1. The quantitative estimate of drug-likeness (QED) is 0.122. The lowest BCUT2D eigenvalue weighted by atomic mass is 10.1. The summed E-state index contributed by atoms with van der Waals surface area (Å²) in [6.07, 6.45) is 0.0977. The number of amides is 2. The molecule has 0 fully saturated rings. The molecule has 0 rings (SSSR count). The molecule has 1 atom stereocenters. The van der Waals surface area contributed by atoms with E-state index in [1.807, 2.05) is 0 Å². The molecule has 238 valence electrons. The Kier molecular flexibility index (Phi) is 19.5. The zero-order chi connectivity index (χ0) is 31.3. The van der Waals surface area contributed by atoms with Gasteiger partial charge >= 0.3 is 18.0 Å². The number of ether oxygens (including phenoxy) is 6. The highest BCUT2D eigenvalue weighted by molar-refractivity contribution is 5.83. The number of hydrogen-bond donors (Lipinski definition) is 3. The van der Waals surface area contributed by atoms with Crippen molar-refractivity contribution < 1.29 is 57.5 Å². The van der Waals surface area contributed by atoms with E-state index in [1.54, 1.807) is 41.5 Å². The zero-order valence-electron chi connectivity index (χ0n) is 25.2. The van der Waals surface area contributed by atoms with Crippen LogP contribution in [0.1, 0.15) is 67.2 Å². The van der Waals surface area contributed by atoms with Gasteiger partial charge in [-0.2, -0.15) is 0 Å². The van der Waals surface area contributed by atoms with Gasteiger partial charge in [-0.15, -0.1) is 0 Å².